The fraction of sp³-hybridized carbons (Fsp3) is 0.500. The monoisotopic (exact) mass is 266 g/mol. The first-order valence-corrected chi connectivity index (χ1v) is 6.98. The Bertz CT molecular complexity index is 488. The number of aliphatic hydroxyl groups excluding tert-OH is 1. The summed E-state index contributed by atoms with van der Waals surface area (Å²) in [6.07, 6.45) is 1.59. The summed E-state index contributed by atoms with van der Waals surface area (Å²) in [6, 6.07) is 2.04. The Kier molecular flexibility index (Phi) is 4.86. The molecule has 98 valence electrons. The molecule has 0 aliphatic rings. The molecule has 0 aliphatic heterocycles. The van der Waals surface area contributed by atoms with Gasteiger partial charge in [0.25, 0.3) is 0 Å². The van der Waals surface area contributed by atoms with Gasteiger partial charge >= 0.3 is 0 Å². The van der Waals surface area contributed by atoms with E-state index in [0.29, 0.717) is 0 Å². The van der Waals surface area contributed by atoms with Crippen LogP contribution in [0.4, 0.5) is 5.82 Å². The number of likely N-dealkylation sites (N-methyl/N-ethyl adjacent to an activating group) is 1. The zero-order valence-electron chi connectivity index (χ0n) is 10.5. The molecular formula is C12H18N4OS. The first-order valence-electron chi connectivity index (χ1n) is 6.10. The van der Waals surface area contributed by atoms with Crippen LogP contribution in [0.25, 0.3) is 10.2 Å². The normalized spacial score (nSPS) is 11.3. The van der Waals surface area contributed by atoms with Crippen molar-refractivity contribution in [2.75, 3.05) is 38.1 Å². The molecule has 0 unspecified atom stereocenters. The number of nitrogens with zero attached hydrogens (tertiary/aromatic N) is 3. The lowest BCUT2D eigenvalue weighted by atomic mass is 10.3. The van der Waals surface area contributed by atoms with Gasteiger partial charge in [-0.1, -0.05) is 6.92 Å². The van der Waals surface area contributed by atoms with Crippen molar-refractivity contribution in [1.82, 2.24) is 14.9 Å². The predicted octanol–water partition coefficient (Wildman–Crippen LogP) is 1.42. The molecule has 2 rings (SSSR count). The van der Waals surface area contributed by atoms with Gasteiger partial charge < -0.3 is 10.4 Å². The molecule has 0 amide bonds. The second kappa shape index (κ2) is 6.63. The first kappa shape index (κ1) is 13.2. The van der Waals surface area contributed by atoms with Crippen molar-refractivity contribution in [1.29, 1.82) is 0 Å². The summed E-state index contributed by atoms with van der Waals surface area (Å²) in [5.74, 6) is 0.890. The van der Waals surface area contributed by atoms with E-state index >= 15 is 0 Å². The summed E-state index contributed by atoms with van der Waals surface area (Å²) >= 11 is 1.62. The van der Waals surface area contributed by atoms with E-state index in [4.69, 9.17) is 5.11 Å². The Hall–Kier alpha value is -1.24. The summed E-state index contributed by atoms with van der Waals surface area (Å²) in [5, 5.41) is 15.3. The van der Waals surface area contributed by atoms with E-state index in [-0.39, 0.29) is 6.61 Å². The summed E-state index contributed by atoms with van der Waals surface area (Å²) in [4.78, 5) is 11.7. The van der Waals surface area contributed by atoms with Gasteiger partial charge in [0.2, 0.25) is 0 Å². The van der Waals surface area contributed by atoms with E-state index in [1.54, 1.807) is 17.7 Å². The van der Waals surface area contributed by atoms with Crippen molar-refractivity contribution in [2.45, 2.75) is 6.92 Å². The SMILES string of the molecule is CCN(CCO)CCNc1ncnc2sccc12. The van der Waals surface area contributed by atoms with Crippen LogP contribution in [0.5, 0.6) is 0 Å². The fourth-order valence-corrected chi connectivity index (χ4v) is 2.57. The number of aromatic nitrogens is 2. The van der Waals surface area contributed by atoms with E-state index in [9.17, 15) is 0 Å². The topological polar surface area (TPSA) is 61.3 Å². The van der Waals surface area contributed by atoms with Gasteiger partial charge in [-0.2, -0.15) is 0 Å². The first-order chi connectivity index (χ1) is 8.85. The van der Waals surface area contributed by atoms with Gasteiger partial charge in [-0.05, 0) is 18.0 Å². The second-order valence-electron chi connectivity index (χ2n) is 3.95. The number of hydrogen-bond acceptors (Lipinski definition) is 6. The fourth-order valence-electron chi connectivity index (χ4n) is 1.83. The molecule has 0 aliphatic carbocycles. The molecule has 0 aromatic carbocycles. The summed E-state index contributed by atoms with van der Waals surface area (Å²) in [5.41, 5.74) is 0. The molecule has 2 aromatic rings. The molecule has 18 heavy (non-hydrogen) atoms. The molecule has 0 spiro atoms. The van der Waals surface area contributed by atoms with Crippen molar-refractivity contribution in [3.8, 4) is 0 Å². The van der Waals surface area contributed by atoms with Crippen molar-refractivity contribution >= 4 is 27.4 Å². The quantitative estimate of drug-likeness (QED) is 0.793. The molecule has 5 nitrogen and oxygen atoms in total. The number of nitrogens with one attached hydrogen (secondary N) is 1. The Labute approximate surface area is 110 Å². The predicted molar refractivity (Wildman–Crippen MR) is 75.1 cm³/mol. The molecule has 0 atom stereocenters. The molecule has 2 aromatic heterocycles. The lowest BCUT2D eigenvalue weighted by Crippen LogP contribution is -2.31. The molecular weight excluding hydrogens is 248 g/mol. The van der Waals surface area contributed by atoms with Crippen molar-refractivity contribution < 1.29 is 5.11 Å². The minimum atomic E-state index is 0.204. The molecule has 2 heterocycles. The number of aliphatic hydroxyl groups is 1. The van der Waals surface area contributed by atoms with Crippen LogP contribution in [0, 0.1) is 0 Å². The number of thiophene rings is 1. The van der Waals surface area contributed by atoms with E-state index in [2.05, 4.69) is 27.1 Å². The molecule has 0 saturated carbocycles. The van der Waals surface area contributed by atoms with Gasteiger partial charge in [-0.25, -0.2) is 9.97 Å². The Balaban J connectivity index is 1.92. The second-order valence-corrected chi connectivity index (χ2v) is 4.84. The molecule has 6 heteroatoms. The van der Waals surface area contributed by atoms with Crippen LogP contribution in [0.3, 0.4) is 0 Å². The van der Waals surface area contributed by atoms with Crippen molar-refractivity contribution in [2.24, 2.45) is 0 Å². The molecule has 2 N–H and O–H groups in total. The maximum atomic E-state index is 8.92. The van der Waals surface area contributed by atoms with E-state index in [1.165, 1.54) is 0 Å². The van der Waals surface area contributed by atoms with Gasteiger partial charge in [0.15, 0.2) is 0 Å². The summed E-state index contributed by atoms with van der Waals surface area (Å²) in [7, 11) is 0. The van der Waals surface area contributed by atoms with Crippen LogP contribution in [-0.4, -0.2) is 52.8 Å². The minimum absolute atomic E-state index is 0.204. The lowest BCUT2D eigenvalue weighted by Gasteiger charge is -2.19. The van der Waals surface area contributed by atoms with E-state index in [0.717, 1.165) is 42.2 Å². The third-order valence-corrected chi connectivity index (χ3v) is 3.67. The minimum Gasteiger partial charge on any atom is -0.395 e. The highest BCUT2D eigenvalue weighted by molar-refractivity contribution is 7.16. The molecule has 0 radical (unpaired) electrons. The van der Waals surface area contributed by atoms with Gasteiger partial charge in [0, 0.05) is 19.6 Å². The van der Waals surface area contributed by atoms with Gasteiger partial charge in [0.1, 0.15) is 17.0 Å². The molecule has 0 saturated heterocycles. The average molecular weight is 266 g/mol. The van der Waals surface area contributed by atoms with Crippen molar-refractivity contribution in [3.63, 3.8) is 0 Å². The third-order valence-electron chi connectivity index (χ3n) is 2.85. The number of fused-ring (bicyclic) bond motifs is 1. The standard InChI is InChI=1S/C12H18N4OS/c1-2-16(6-7-17)5-4-13-11-10-3-8-18-12(10)15-9-14-11/h3,8-9,17H,2,4-7H2,1H3,(H,13,14,15). The zero-order valence-corrected chi connectivity index (χ0v) is 11.3. The maximum absolute atomic E-state index is 8.92. The van der Waals surface area contributed by atoms with E-state index < -0.39 is 0 Å². The van der Waals surface area contributed by atoms with Gasteiger partial charge in [0.05, 0.1) is 12.0 Å². The maximum Gasteiger partial charge on any atom is 0.138 e. The van der Waals surface area contributed by atoms with Gasteiger partial charge in [-0.3, -0.25) is 4.90 Å². The number of hydrogen-bond donors (Lipinski definition) is 2. The molecule has 0 fully saturated rings. The van der Waals surface area contributed by atoms with Crippen LogP contribution in [0.1, 0.15) is 6.92 Å². The van der Waals surface area contributed by atoms with E-state index in [1.807, 2.05) is 11.4 Å². The largest absolute Gasteiger partial charge is 0.395 e. The highest BCUT2D eigenvalue weighted by Crippen LogP contribution is 2.23. The van der Waals surface area contributed by atoms with Crippen LogP contribution in [-0.2, 0) is 0 Å². The Morgan fingerprint density at radius 3 is 3.06 bits per heavy atom. The van der Waals surface area contributed by atoms with Crippen LogP contribution < -0.4 is 5.32 Å². The summed E-state index contributed by atoms with van der Waals surface area (Å²) in [6.45, 7) is 5.67. The van der Waals surface area contributed by atoms with Crippen molar-refractivity contribution in [3.05, 3.63) is 17.8 Å². The number of rotatable bonds is 7. The summed E-state index contributed by atoms with van der Waals surface area (Å²) < 4.78 is 0. The highest BCUT2D eigenvalue weighted by Gasteiger charge is 2.05. The third kappa shape index (κ3) is 3.16. The van der Waals surface area contributed by atoms with Crippen LogP contribution >= 0.6 is 11.3 Å². The van der Waals surface area contributed by atoms with Crippen LogP contribution in [0.15, 0.2) is 17.8 Å². The van der Waals surface area contributed by atoms with Crippen LogP contribution in [0.2, 0.25) is 0 Å². The smallest absolute Gasteiger partial charge is 0.138 e. The lowest BCUT2D eigenvalue weighted by molar-refractivity contribution is 0.206. The molecule has 0 bridgehead atoms. The Morgan fingerprint density at radius 2 is 2.28 bits per heavy atom. The Morgan fingerprint density at radius 1 is 1.39 bits per heavy atom. The number of anilines is 1. The average Bonchev–Trinajstić information content (AvgIpc) is 2.86. The highest BCUT2D eigenvalue weighted by atomic mass is 32.1. The zero-order chi connectivity index (χ0) is 12.8. The van der Waals surface area contributed by atoms with Gasteiger partial charge in [-0.15, -0.1) is 11.3 Å².